The standard InChI is InChI=1S/C27H44N6O5S/c1-26(2,37)22-16-29-31-33(22)19-15-21(23(34)30-27(39-25(36)38-3)12-8-5-9-13-27)32(17-19)24(35)20(28)14-18-10-6-4-7-11-18/h16,18-21,37H,4-15,17,28H2,1-3H3,(H,30,34)/t19-,20+,21-/m0/s1. The largest absolute Gasteiger partial charge is 0.461 e. The van der Waals surface area contributed by atoms with Gasteiger partial charge in [0.05, 0.1) is 36.0 Å². The molecule has 1 saturated heterocycles. The number of carbonyl (C=O) groups excluding carboxylic acids is 3. The molecule has 3 aliphatic rings. The maximum Gasteiger partial charge on any atom is 0.369 e. The molecule has 39 heavy (non-hydrogen) atoms. The SMILES string of the molecule is COC(=O)SC1(NC(=O)[C@@H]2C[C@H](n3nncc3C(C)(C)O)CN2C(=O)[C@H](N)CC2CCCCC2)CCCCC1. The Kier molecular flexibility index (Phi) is 9.59. The van der Waals surface area contributed by atoms with Crippen molar-refractivity contribution in [3.63, 3.8) is 0 Å². The first-order chi connectivity index (χ1) is 18.5. The topological polar surface area (TPSA) is 153 Å². The summed E-state index contributed by atoms with van der Waals surface area (Å²) in [5.74, 6) is -0.132. The van der Waals surface area contributed by atoms with Crippen molar-refractivity contribution in [1.29, 1.82) is 0 Å². The Bertz CT molecular complexity index is 1010. The average molecular weight is 565 g/mol. The van der Waals surface area contributed by atoms with Gasteiger partial charge in [-0.25, -0.2) is 9.48 Å². The third-order valence-electron chi connectivity index (χ3n) is 8.50. The van der Waals surface area contributed by atoms with Crippen LogP contribution in [-0.4, -0.2) is 72.7 Å². The lowest BCUT2D eigenvalue weighted by Crippen LogP contribution is -2.56. The van der Waals surface area contributed by atoms with Crippen LogP contribution in [0.3, 0.4) is 0 Å². The minimum absolute atomic E-state index is 0.235. The van der Waals surface area contributed by atoms with Gasteiger partial charge in [0, 0.05) is 13.0 Å². The van der Waals surface area contributed by atoms with Crippen molar-refractivity contribution in [3.8, 4) is 0 Å². The highest BCUT2D eigenvalue weighted by molar-refractivity contribution is 8.14. The number of carbonyl (C=O) groups is 3. The number of thioether (sulfide) groups is 1. The lowest BCUT2D eigenvalue weighted by molar-refractivity contribution is -0.140. The molecule has 2 heterocycles. The van der Waals surface area contributed by atoms with E-state index in [4.69, 9.17) is 10.5 Å². The number of aromatic nitrogens is 3. The molecule has 1 aromatic rings. The van der Waals surface area contributed by atoms with Crippen LogP contribution in [-0.2, 0) is 19.9 Å². The number of nitrogens with zero attached hydrogens (tertiary/aromatic N) is 4. The van der Waals surface area contributed by atoms with Gasteiger partial charge in [0.1, 0.15) is 11.6 Å². The fraction of sp³-hybridized carbons (Fsp3) is 0.815. The summed E-state index contributed by atoms with van der Waals surface area (Å²) in [6.45, 7) is 3.54. The van der Waals surface area contributed by atoms with Crippen LogP contribution in [0, 0.1) is 5.92 Å². The average Bonchev–Trinajstić information content (AvgIpc) is 3.57. The van der Waals surface area contributed by atoms with E-state index in [1.54, 1.807) is 23.4 Å². The van der Waals surface area contributed by atoms with Gasteiger partial charge in [0.2, 0.25) is 11.8 Å². The summed E-state index contributed by atoms with van der Waals surface area (Å²) >= 11 is 1.02. The Morgan fingerprint density at radius 2 is 1.87 bits per heavy atom. The highest BCUT2D eigenvalue weighted by Crippen LogP contribution is 2.40. The zero-order chi connectivity index (χ0) is 28.2. The van der Waals surface area contributed by atoms with Gasteiger partial charge in [0.25, 0.3) is 0 Å². The smallest absolute Gasteiger partial charge is 0.369 e. The van der Waals surface area contributed by atoms with Gasteiger partial charge < -0.3 is 25.8 Å². The molecule has 0 spiro atoms. The van der Waals surface area contributed by atoms with Crippen molar-refractivity contribution in [2.24, 2.45) is 11.7 Å². The number of amides is 2. The molecule has 0 unspecified atom stereocenters. The van der Waals surface area contributed by atoms with Crippen molar-refractivity contribution in [2.45, 2.75) is 119 Å². The minimum atomic E-state index is -1.20. The van der Waals surface area contributed by atoms with Crippen LogP contribution in [0.1, 0.15) is 103 Å². The molecule has 2 aliphatic carbocycles. The van der Waals surface area contributed by atoms with Crippen LogP contribution < -0.4 is 11.1 Å². The monoisotopic (exact) mass is 564 g/mol. The van der Waals surface area contributed by atoms with Crippen LogP contribution in [0.2, 0.25) is 0 Å². The molecule has 2 saturated carbocycles. The first-order valence-electron chi connectivity index (χ1n) is 14.3. The molecule has 1 aliphatic heterocycles. The summed E-state index contributed by atoms with van der Waals surface area (Å²) in [4.78, 5) is 40.7. The summed E-state index contributed by atoms with van der Waals surface area (Å²) in [7, 11) is 1.34. The molecule has 3 atom stereocenters. The van der Waals surface area contributed by atoms with Crippen LogP contribution in [0.4, 0.5) is 4.79 Å². The summed E-state index contributed by atoms with van der Waals surface area (Å²) < 4.78 is 6.53. The number of nitrogens with one attached hydrogen (secondary N) is 1. The number of nitrogens with two attached hydrogens (primary N) is 1. The van der Waals surface area contributed by atoms with Crippen LogP contribution >= 0.6 is 11.8 Å². The van der Waals surface area contributed by atoms with Crippen LogP contribution in [0.25, 0.3) is 0 Å². The maximum absolute atomic E-state index is 13.9. The quantitative estimate of drug-likeness (QED) is 0.319. The van der Waals surface area contributed by atoms with Gasteiger partial charge in [-0.05, 0) is 50.8 Å². The van der Waals surface area contributed by atoms with Crippen molar-refractivity contribution >= 4 is 28.9 Å². The van der Waals surface area contributed by atoms with Crippen LogP contribution in [0.5, 0.6) is 0 Å². The summed E-state index contributed by atoms with van der Waals surface area (Å²) in [6.07, 6.45) is 12.2. The molecule has 11 nitrogen and oxygen atoms in total. The molecule has 218 valence electrons. The molecule has 4 rings (SSSR count). The van der Waals surface area contributed by atoms with Gasteiger partial charge in [-0.15, -0.1) is 5.10 Å². The molecule has 4 N–H and O–H groups in total. The predicted octanol–water partition coefficient (Wildman–Crippen LogP) is 3.22. The summed E-state index contributed by atoms with van der Waals surface area (Å²) in [5, 5.41) is 21.6. The third-order valence-corrected chi connectivity index (χ3v) is 9.73. The number of methoxy groups -OCH3 is 1. The number of likely N-dealkylation sites (tertiary alicyclic amines) is 1. The molecule has 3 fully saturated rings. The third kappa shape index (κ3) is 7.13. The highest BCUT2D eigenvalue weighted by atomic mass is 32.2. The van der Waals surface area contributed by atoms with E-state index in [0.29, 0.717) is 37.3 Å². The minimum Gasteiger partial charge on any atom is -0.461 e. The van der Waals surface area contributed by atoms with Crippen LogP contribution in [0.15, 0.2) is 6.20 Å². The van der Waals surface area contributed by atoms with E-state index in [0.717, 1.165) is 56.7 Å². The Balaban J connectivity index is 1.57. The molecule has 12 heteroatoms. The molecule has 2 amide bonds. The predicted molar refractivity (Wildman–Crippen MR) is 148 cm³/mol. The van der Waals surface area contributed by atoms with Crippen molar-refractivity contribution in [1.82, 2.24) is 25.2 Å². The van der Waals surface area contributed by atoms with E-state index in [-0.39, 0.29) is 24.4 Å². The first-order valence-corrected chi connectivity index (χ1v) is 15.1. The van der Waals surface area contributed by atoms with Gasteiger partial charge in [-0.1, -0.05) is 56.6 Å². The second-order valence-electron chi connectivity index (χ2n) is 12.0. The lowest BCUT2D eigenvalue weighted by atomic mass is 9.84. The highest BCUT2D eigenvalue weighted by Gasteiger charge is 2.46. The van der Waals surface area contributed by atoms with E-state index in [1.165, 1.54) is 19.7 Å². The number of hydrogen-bond acceptors (Lipinski definition) is 9. The maximum atomic E-state index is 13.9. The Morgan fingerprint density at radius 3 is 2.51 bits per heavy atom. The molecule has 0 radical (unpaired) electrons. The van der Waals surface area contributed by atoms with E-state index < -0.39 is 27.9 Å². The second-order valence-corrected chi connectivity index (χ2v) is 13.3. The van der Waals surface area contributed by atoms with Crippen molar-refractivity contribution < 1.29 is 24.2 Å². The Morgan fingerprint density at radius 1 is 1.21 bits per heavy atom. The van der Waals surface area contributed by atoms with Crippen molar-refractivity contribution in [2.75, 3.05) is 13.7 Å². The lowest BCUT2D eigenvalue weighted by Gasteiger charge is -2.38. The molecule has 0 aromatic carbocycles. The molecular formula is C27H44N6O5S. The van der Waals surface area contributed by atoms with E-state index in [9.17, 15) is 19.5 Å². The number of hydrogen-bond donors (Lipinski definition) is 3. The zero-order valence-electron chi connectivity index (χ0n) is 23.4. The fourth-order valence-electron chi connectivity index (χ4n) is 6.41. The summed E-state index contributed by atoms with van der Waals surface area (Å²) in [6, 6.07) is -1.83. The van der Waals surface area contributed by atoms with Gasteiger partial charge in [-0.3, -0.25) is 9.59 Å². The molecule has 0 bridgehead atoms. The number of aliphatic hydroxyl groups is 1. The zero-order valence-corrected chi connectivity index (χ0v) is 24.3. The van der Waals surface area contributed by atoms with E-state index >= 15 is 0 Å². The Hall–Kier alpha value is -2.18. The summed E-state index contributed by atoms with van der Waals surface area (Å²) in [5.41, 5.74) is 5.80. The first kappa shape index (κ1) is 29.8. The second kappa shape index (κ2) is 12.6. The van der Waals surface area contributed by atoms with Crippen molar-refractivity contribution in [3.05, 3.63) is 11.9 Å². The van der Waals surface area contributed by atoms with Gasteiger partial charge in [0.15, 0.2) is 0 Å². The number of rotatable bonds is 8. The number of ether oxygens (including phenoxy) is 1. The Labute approximate surface area is 234 Å². The molecular weight excluding hydrogens is 520 g/mol. The normalized spacial score (nSPS) is 24.8. The fourth-order valence-corrected chi connectivity index (χ4v) is 7.46. The van der Waals surface area contributed by atoms with Gasteiger partial charge >= 0.3 is 5.30 Å². The van der Waals surface area contributed by atoms with Gasteiger partial charge in [-0.2, -0.15) is 0 Å². The van der Waals surface area contributed by atoms with E-state index in [1.807, 2.05) is 0 Å². The van der Waals surface area contributed by atoms with E-state index in [2.05, 4.69) is 15.6 Å². The molecule has 1 aromatic heterocycles.